The largest absolute Gasteiger partial charge is 0.466 e. The van der Waals surface area contributed by atoms with Crippen LogP contribution in [0.4, 0.5) is 0 Å². The fourth-order valence-corrected chi connectivity index (χ4v) is 1.86. The van der Waals surface area contributed by atoms with Crippen LogP contribution in [0.2, 0.25) is 0 Å². The molecule has 0 saturated carbocycles. The van der Waals surface area contributed by atoms with Crippen molar-refractivity contribution in [1.82, 2.24) is 0 Å². The van der Waals surface area contributed by atoms with Crippen LogP contribution in [0.1, 0.15) is 65.2 Å². The summed E-state index contributed by atoms with van der Waals surface area (Å²) in [5.41, 5.74) is 0. The second kappa shape index (κ2) is 16.4. The van der Waals surface area contributed by atoms with Crippen LogP contribution in [0.3, 0.4) is 0 Å². The Morgan fingerprint density at radius 3 is 2.00 bits per heavy atom. The molecule has 0 bridgehead atoms. The molecule has 0 heterocycles. The molecule has 0 aromatic heterocycles. The molecule has 0 spiro atoms. The van der Waals surface area contributed by atoms with Crippen LogP contribution in [0, 0.1) is 0 Å². The SMILES string of the molecule is CCCCCCCCOCCOCCCC(=O)OCC. The Bertz CT molecular complexity index is 207. The number of ether oxygens (including phenoxy) is 3. The van der Waals surface area contributed by atoms with Crippen molar-refractivity contribution in [3.05, 3.63) is 0 Å². The normalized spacial score (nSPS) is 10.7. The van der Waals surface area contributed by atoms with Crippen molar-refractivity contribution in [1.29, 1.82) is 0 Å². The van der Waals surface area contributed by atoms with Gasteiger partial charge in [0.2, 0.25) is 0 Å². The third-order valence-electron chi connectivity index (χ3n) is 2.99. The molecule has 0 aromatic carbocycles. The summed E-state index contributed by atoms with van der Waals surface area (Å²) in [6.07, 6.45) is 8.88. The predicted octanol–water partition coefficient (Wildman–Crippen LogP) is 3.72. The predicted molar refractivity (Wildman–Crippen MR) is 80.9 cm³/mol. The van der Waals surface area contributed by atoms with Gasteiger partial charge in [-0.1, -0.05) is 39.0 Å². The van der Waals surface area contributed by atoms with E-state index in [1.165, 1.54) is 32.1 Å². The number of esters is 1. The Morgan fingerprint density at radius 1 is 0.750 bits per heavy atom. The summed E-state index contributed by atoms with van der Waals surface area (Å²) in [7, 11) is 0. The Kier molecular flexibility index (Phi) is 15.9. The standard InChI is InChI=1S/C16H32O4/c1-3-5-6-7-8-9-12-18-14-15-19-13-10-11-16(17)20-4-2/h3-15H2,1-2H3. The van der Waals surface area contributed by atoms with E-state index in [1.54, 1.807) is 0 Å². The van der Waals surface area contributed by atoms with E-state index < -0.39 is 0 Å². The highest BCUT2D eigenvalue weighted by Gasteiger charge is 2.00. The lowest BCUT2D eigenvalue weighted by Crippen LogP contribution is -2.08. The molecule has 0 N–H and O–H groups in total. The highest BCUT2D eigenvalue weighted by molar-refractivity contribution is 5.69. The van der Waals surface area contributed by atoms with Gasteiger partial charge in [0.05, 0.1) is 19.8 Å². The molecule has 20 heavy (non-hydrogen) atoms. The van der Waals surface area contributed by atoms with Crippen molar-refractivity contribution in [3.8, 4) is 0 Å². The zero-order valence-corrected chi connectivity index (χ0v) is 13.3. The van der Waals surface area contributed by atoms with Crippen LogP contribution in [-0.2, 0) is 19.0 Å². The van der Waals surface area contributed by atoms with Crippen LogP contribution in [0.15, 0.2) is 0 Å². The van der Waals surface area contributed by atoms with Crippen molar-refractivity contribution in [3.63, 3.8) is 0 Å². The topological polar surface area (TPSA) is 44.8 Å². The Morgan fingerprint density at radius 2 is 1.35 bits per heavy atom. The molecule has 0 rings (SSSR count). The highest BCUT2D eigenvalue weighted by atomic mass is 16.5. The maximum atomic E-state index is 11.0. The molecule has 4 heteroatoms. The summed E-state index contributed by atoms with van der Waals surface area (Å²) in [4.78, 5) is 11.0. The van der Waals surface area contributed by atoms with Crippen molar-refractivity contribution in [2.45, 2.75) is 65.2 Å². The van der Waals surface area contributed by atoms with Crippen molar-refractivity contribution in [2.24, 2.45) is 0 Å². The van der Waals surface area contributed by atoms with Crippen molar-refractivity contribution in [2.75, 3.05) is 33.0 Å². The van der Waals surface area contributed by atoms with E-state index in [2.05, 4.69) is 6.92 Å². The number of hydrogen-bond acceptors (Lipinski definition) is 4. The van der Waals surface area contributed by atoms with Crippen molar-refractivity contribution < 1.29 is 19.0 Å². The molecular weight excluding hydrogens is 256 g/mol. The third kappa shape index (κ3) is 15.4. The fraction of sp³-hybridized carbons (Fsp3) is 0.938. The summed E-state index contributed by atoms with van der Waals surface area (Å²) in [5.74, 6) is -0.143. The van der Waals surface area contributed by atoms with E-state index >= 15 is 0 Å². The first-order valence-corrected chi connectivity index (χ1v) is 8.12. The van der Waals surface area contributed by atoms with Crippen LogP contribution in [0.5, 0.6) is 0 Å². The lowest BCUT2D eigenvalue weighted by molar-refractivity contribution is -0.143. The van der Waals surface area contributed by atoms with E-state index in [1.807, 2.05) is 6.92 Å². The molecule has 120 valence electrons. The van der Waals surface area contributed by atoms with Crippen LogP contribution in [0.25, 0.3) is 0 Å². The van der Waals surface area contributed by atoms with Crippen LogP contribution in [-0.4, -0.2) is 39.0 Å². The Hall–Kier alpha value is -0.610. The van der Waals surface area contributed by atoms with Gasteiger partial charge in [-0.15, -0.1) is 0 Å². The van der Waals surface area contributed by atoms with E-state index in [0.29, 0.717) is 32.8 Å². The molecule has 0 atom stereocenters. The van der Waals surface area contributed by atoms with E-state index in [9.17, 15) is 4.79 Å². The number of carbonyl (C=O) groups excluding carboxylic acids is 1. The van der Waals surface area contributed by atoms with E-state index in [-0.39, 0.29) is 5.97 Å². The summed E-state index contributed by atoms with van der Waals surface area (Å²) in [5, 5.41) is 0. The molecule has 0 aromatic rings. The number of carbonyl (C=O) groups is 1. The zero-order chi connectivity index (χ0) is 14.9. The van der Waals surface area contributed by atoms with Gasteiger partial charge in [-0.25, -0.2) is 0 Å². The lowest BCUT2D eigenvalue weighted by Gasteiger charge is -2.06. The average Bonchev–Trinajstić information content (AvgIpc) is 2.44. The van der Waals surface area contributed by atoms with Crippen molar-refractivity contribution >= 4 is 5.97 Å². The second-order valence-corrected chi connectivity index (χ2v) is 4.90. The van der Waals surface area contributed by atoms with Gasteiger partial charge in [0.1, 0.15) is 0 Å². The molecular formula is C16H32O4. The van der Waals surface area contributed by atoms with E-state index in [4.69, 9.17) is 14.2 Å². The summed E-state index contributed by atoms with van der Waals surface area (Å²) in [6.45, 7) is 7.18. The Labute approximate surface area is 124 Å². The minimum Gasteiger partial charge on any atom is -0.466 e. The van der Waals surface area contributed by atoms with Crippen LogP contribution >= 0.6 is 0 Å². The number of hydrogen-bond donors (Lipinski definition) is 0. The van der Waals surface area contributed by atoms with E-state index in [0.717, 1.165) is 19.4 Å². The molecule has 0 saturated heterocycles. The smallest absolute Gasteiger partial charge is 0.305 e. The second-order valence-electron chi connectivity index (χ2n) is 4.90. The van der Waals surface area contributed by atoms with Gasteiger partial charge in [-0.05, 0) is 19.8 Å². The van der Waals surface area contributed by atoms with Gasteiger partial charge in [0.15, 0.2) is 0 Å². The first-order valence-electron chi connectivity index (χ1n) is 8.12. The quantitative estimate of drug-likeness (QED) is 0.340. The molecule has 0 aliphatic rings. The molecule has 0 fully saturated rings. The van der Waals surface area contributed by atoms with Gasteiger partial charge >= 0.3 is 5.97 Å². The first-order chi connectivity index (χ1) is 9.81. The van der Waals surface area contributed by atoms with Gasteiger partial charge in [-0.3, -0.25) is 4.79 Å². The Balaban J connectivity index is 3.01. The molecule has 4 nitrogen and oxygen atoms in total. The number of rotatable bonds is 15. The monoisotopic (exact) mass is 288 g/mol. The average molecular weight is 288 g/mol. The zero-order valence-electron chi connectivity index (χ0n) is 13.3. The maximum absolute atomic E-state index is 11.0. The summed E-state index contributed by atoms with van der Waals surface area (Å²) >= 11 is 0. The van der Waals surface area contributed by atoms with Gasteiger partial charge in [0.25, 0.3) is 0 Å². The highest BCUT2D eigenvalue weighted by Crippen LogP contribution is 2.04. The molecule has 0 amide bonds. The molecule has 0 radical (unpaired) electrons. The summed E-state index contributed by atoms with van der Waals surface area (Å²) < 4.78 is 15.7. The van der Waals surface area contributed by atoms with Gasteiger partial charge < -0.3 is 14.2 Å². The maximum Gasteiger partial charge on any atom is 0.305 e. The minimum absolute atomic E-state index is 0.143. The molecule has 0 unspecified atom stereocenters. The van der Waals surface area contributed by atoms with Gasteiger partial charge in [-0.2, -0.15) is 0 Å². The molecule has 0 aliphatic heterocycles. The fourth-order valence-electron chi connectivity index (χ4n) is 1.86. The van der Waals surface area contributed by atoms with Gasteiger partial charge in [0, 0.05) is 19.6 Å². The van der Waals surface area contributed by atoms with Crippen LogP contribution < -0.4 is 0 Å². The molecule has 0 aliphatic carbocycles. The lowest BCUT2D eigenvalue weighted by atomic mass is 10.1. The summed E-state index contributed by atoms with van der Waals surface area (Å²) in [6, 6.07) is 0. The minimum atomic E-state index is -0.143. The first kappa shape index (κ1) is 19.4. The third-order valence-corrected chi connectivity index (χ3v) is 2.99. The number of unbranched alkanes of at least 4 members (excludes halogenated alkanes) is 5.